The van der Waals surface area contributed by atoms with Crippen molar-refractivity contribution in [3.8, 4) is 0 Å². The fourth-order valence-corrected chi connectivity index (χ4v) is 3.95. The van der Waals surface area contributed by atoms with Gasteiger partial charge in [-0.1, -0.05) is 0 Å². The molecule has 0 N–H and O–H groups in total. The number of carbonyl (C=O) groups excluding carboxylic acids is 2. The monoisotopic (exact) mass is 364 g/mol. The van der Waals surface area contributed by atoms with Crippen LogP contribution in [0.25, 0.3) is 0 Å². The lowest BCUT2D eigenvalue weighted by Crippen LogP contribution is -2.48. The zero-order valence-electron chi connectivity index (χ0n) is 15.8. The van der Waals surface area contributed by atoms with Gasteiger partial charge in [0.25, 0.3) is 5.91 Å². The molecular formula is C19H28N2O5. The molecule has 1 aromatic rings. The first-order chi connectivity index (χ1) is 12.5. The maximum atomic E-state index is 12.6. The number of likely N-dealkylation sites (tertiary alicyclic amines) is 1. The van der Waals surface area contributed by atoms with E-state index < -0.39 is 5.97 Å². The number of carbonyl (C=O) groups is 2. The van der Waals surface area contributed by atoms with Gasteiger partial charge < -0.3 is 18.8 Å². The van der Waals surface area contributed by atoms with Gasteiger partial charge in [-0.3, -0.25) is 9.69 Å². The summed E-state index contributed by atoms with van der Waals surface area (Å²) in [6, 6.07) is 1.46. The summed E-state index contributed by atoms with van der Waals surface area (Å²) in [6.07, 6.45) is 3.80. The molecule has 0 aliphatic carbocycles. The second kappa shape index (κ2) is 8.22. The largest absolute Gasteiger partial charge is 0.465 e. The second-order valence-electron chi connectivity index (χ2n) is 7.40. The van der Waals surface area contributed by atoms with Crippen LogP contribution in [-0.4, -0.2) is 73.7 Å². The highest BCUT2D eigenvalue weighted by atomic mass is 16.5. The van der Waals surface area contributed by atoms with Gasteiger partial charge in [-0.15, -0.1) is 0 Å². The number of furan rings is 1. The van der Waals surface area contributed by atoms with Crippen LogP contribution in [0.15, 0.2) is 16.7 Å². The number of nitrogens with zero attached hydrogens (tertiary/aromatic N) is 2. The molecule has 2 atom stereocenters. The predicted octanol–water partition coefficient (Wildman–Crippen LogP) is 2.03. The van der Waals surface area contributed by atoms with Crippen LogP contribution < -0.4 is 0 Å². The topological polar surface area (TPSA) is 72.2 Å². The van der Waals surface area contributed by atoms with E-state index in [9.17, 15) is 9.59 Å². The fourth-order valence-electron chi connectivity index (χ4n) is 3.95. The van der Waals surface area contributed by atoms with Gasteiger partial charge in [0, 0.05) is 38.8 Å². The molecule has 1 aromatic heterocycles. The summed E-state index contributed by atoms with van der Waals surface area (Å²) in [4.78, 5) is 28.3. The van der Waals surface area contributed by atoms with Crippen LogP contribution in [-0.2, 0) is 9.47 Å². The highest BCUT2D eigenvalue weighted by molar-refractivity contribution is 5.96. The third-order valence-electron chi connectivity index (χ3n) is 5.14. The first-order valence-electron chi connectivity index (χ1n) is 9.30. The minimum Gasteiger partial charge on any atom is -0.465 e. The summed E-state index contributed by atoms with van der Waals surface area (Å²) in [7, 11) is 1.30. The minimum absolute atomic E-state index is 0.160. The molecule has 0 unspecified atom stereocenters. The first-order valence-corrected chi connectivity index (χ1v) is 9.30. The smallest absolute Gasteiger partial charge is 0.341 e. The quantitative estimate of drug-likeness (QED) is 0.761. The summed E-state index contributed by atoms with van der Waals surface area (Å²) in [6.45, 7) is 8.69. The number of rotatable bonds is 4. The van der Waals surface area contributed by atoms with Gasteiger partial charge in [-0.2, -0.15) is 0 Å². The van der Waals surface area contributed by atoms with E-state index in [-0.39, 0.29) is 29.4 Å². The van der Waals surface area contributed by atoms with E-state index in [2.05, 4.69) is 23.5 Å². The van der Waals surface area contributed by atoms with Crippen molar-refractivity contribution in [2.75, 3.05) is 39.8 Å². The third kappa shape index (κ3) is 4.45. The van der Waals surface area contributed by atoms with Crippen LogP contribution >= 0.6 is 0 Å². The van der Waals surface area contributed by atoms with Gasteiger partial charge in [0.1, 0.15) is 6.26 Å². The van der Waals surface area contributed by atoms with Crippen molar-refractivity contribution < 1.29 is 23.5 Å². The van der Waals surface area contributed by atoms with Crippen molar-refractivity contribution in [3.05, 3.63) is 23.7 Å². The number of hydrogen-bond acceptors (Lipinski definition) is 6. The summed E-state index contributed by atoms with van der Waals surface area (Å²) in [5.41, 5.74) is 0.265. The Bertz CT molecular complexity index is 626. The van der Waals surface area contributed by atoms with E-state index in [1.807, 2.05) is 0 Å². The van der Waals surface area contributed by atoms with E-state index in [4.69, 9.17) is 9.15 Å². The molecule has 0 saturated carbocycles. The molecule has 0 aromatic carbocycles. The first kappa shape index (κ1) is 18.9. The normalized spacial score (nSPS) is 25.3. The Balaban J connectivity index is 1.49. The lowest BCUT2D eigenvalue weighted by atomic mass is 9.95. The lowest BCUT2D eigenvalue weighted by Gasteiger charge is -2.39. The summed E-state index contributed by atoms with van der Waals surface area (Å²) in [5.74, 6) is 0.131. The molecule has 2 aliphatic rings. The van der Waals surface area contributed by atoms with Crippen LogP contribution in [0, 0.1) is 5.92 Å². The average Bonchev–Trinajstić information content (AvgIpc) is 3.10. The highest BCUT2D eigenvalue weighted by Crippen LogP contribution is 2.22. The van der Waals surface area contributed by atoms with Crippen LogP contribution in [0.4, 0.5) is 0 Å². The Morgan fingerprint density at radius 2 is 1.85 bits per heavy atom. The van der Waals surface area contributed by atoms with Crippen molar-refractivity contribution >= 4 is 11.9 Å². The standard InChI is InChI=1S/C19H28N2O5/c1-13-9-20(10-14(2)26-13)11-15-4-6-21(7-5-15)18(22)17-8-16(12-25-17)19(23)24-3/h8,12-15H,4-7,9-11H2,1-3H3/t13-,14-/m0/s1. The molecule has 144 valence electrons. The van der Waals surface area contributed by atoms with Crippen LogP contribution in [0.1, 0.15) is 47.6 Å². The Labute approximate surface area is 154 Å². The second-order valence-corrected chi connectivity index (χ2v) is 7.40. The molecule has 3 heterocycles. The van der Waals surface area contributed by atoms with Crippen molar-refractivity contribution in [1.29, 1.82) is 0 Å². The maximum Gasteiger partial charge on any atom is 0.341 e. The molecule has 0 bridgehead atoms. The molecule has 3 rings (SSSR count). The predicted molar refractivity (Wildman–Crippen MR) is 95.1 cm³/mol. The number of methoxy groups -OCH3 is 1. The van der Waals surface area contributed by atoms with Gasteiger partial charge in [0.2, 0.25) is 0 Å². The number of ether oxygens (including phenoxy) is 2. The van der Waals surface area contributed by atoms with E-state index in [1.54, 1.807) is 4.90 Å². The number of esters is 1. The Morgan fingerprint density at radius 1 is 1.19 bits per heavy atom. The number of hydrogen-bond donors (Lipinski definition) is 0. The Morgan fingerprint density at radius 3 is 2.46 bits per heavy atom. The fraction of sp³-hybridized carbons (Fsp3) is 0.684. The molecule has 7 nitrogen and oxygen atoms in total. The van der Waals surface area contributed by atoms with Crippen LogP contribution in [0.5, 0.6) is 0 Å². The van der Waals surface area contributed by atoms with Crippen molar-refractivity contribution in [2.24, 2.45) is 5.92 Å². The number of amides is 1. The van der Waals surface area contributed by atoms with Crippen molar-refractivity contribution in [1.82, 2.24) is 9.80 Å². The van der Waals surface area contributed by atoms with E-state index in [1.165, 1.54) is 19.4 Å². The number of piperidine rings is 1. The molecular weight excluding hydrogens is 336 g/mol. The SMILES string of the molecule is COC(=O)c1coc(C(=O)N2CCC(CN3C[C@H](C)O[C@@H](C)C3)CC2)c1. The highest BCUT2D eigenvalue weighted by Gasteiger charge is 2.29. The van der Waals surface area contributed by atoms with E-state index in [0.717, 1.165) is 32.5 Å². The summed E-state index contributed by atoms with van der Waals surface area (Å²) >= 11 is 0. The van der Waals surface area contributed by atoms with Crippen molar-refractivity contribution in [3.63, 3.8) is 0 Å². The van der Waals surface area contributed by atoms with Crippen LogP contribution in [0.3, 0.4) is 0 Å². The van der Waals surface area contributed by atoms with Gasteiger partial charge in [0.05, 0.1) is 24.9 Å². The molecule has 2 aliphatic heterocycles. The molecule has 1 amide bonds. The van der Waals surface area contributed by atoms with Gasteiger partial charge in [-0.25, -0.2) is 4.79 Å². The van der Waals surface area contributed by atoms with Gasteiger partial charge in [0.15, 0.2) is 5.76 Å². The molecule has 7 heteroatoms. The van der Waals surface area contributed by atoms with E-state index >= 15 is 0 Å². The molecule has 2 saturated heterocycles. The minimum atomic E-state index is -0.500. The lowest BCUT2D eigenvalue weighted by molar-refractivity contribution is -0.0729. The van der Waals surface area contributed by atoms with Gasteiger partial charge in [-0.05, 0) is 32.6 Å². The molecule has 2 fully saturated rings. The Kier molecular flexibility index (Phi) is 5.98. The molecule has 0 radical (unpaired) electrons. The maximum absolute atomic E-state index is 12.6. The zero-order chi connectivity index (χ0) is 18.7. The zero-order valence-corrected chi connectivity index (χ0v) is 15.8. The molecule has 0 spiro atoms. The van der Waals surface area contributed by atoms with Crippen LogP contribution in [0.2, 0.25) is 0 Å². The molecule has 26 heavy (non-hydrogen) atoms. The average molecular weight is 364 g/mol. The summed E-state index contributed by atoms with van der Waals surface area (Å²) in [5, 5.41) is 0. The summed E-state index contributed by atoms with van der Waals surface area (Å²) < 4.78 is 15.7. The van der Waals surface area contributed by atoms with Gasteiger partial charge >= 0.3 is 5.97 Å². The third-order valence-corrected chi connectivity index (χ3v) is 5.14. The van der Waals surface area contributed by atoms with E-state index in [0.29, 0.717) is 19.0 Å². The van der Waals surface area contributed by atoms with Crippen molar-refractivity contribution in [2.45, 2.75) is 38.9 Å². The Hall–Kier alpha value is -1.86. The number of morpholine rings is 1.